The van der Waals surface area contributed by atoms with E-state index in [1.54, 1.807) is 7.11 Å². The van der Waals surface area contributed by atoms with Crippen LogP contribution in [0.4, 0.5) is 5.69 Å². The number of ether oxygens (including phenoxy) is 2. The fourth-order valence-corrected chi connectivity index (χ4v) is 1.60. The number of nitrogens with zero attached hydrogens (tertiary/aromatic N) is 1. The molecule has 4 nitrogen and oxygen atoms in total. The third-order valence-electron chi connectivity index (χ3n) is 2.62. The topological polar surface area (TPSA) is 38.8 Å². The van der Waals surface area contributed by atoms with Crippen molar-refractivity contribution in [3.63, 3.8) is 0 Å². The molecule has 1 aromatic rings. The fourth-order valence-electron chi connectivity index (χ4n) is 1.60. The molecule has 0 aliphatic carbocycles. The lowest BCUT2D eigenvalue weighted by molar-refractivity contribution is -0.142. The Morgan fingerprint density at radius 2 is 2.06 bits per heavy atom. The van der Waals surface area contributed by atoms with Crippen LogP contribution < -0.4 is 9.64 Å². The van der Waals surface area contributed by atoms with Crippen LogP contribution in [0.2, 0.25) is 0 Å². The van der Waals surface area contributed by atoms with Gasteiger partial charge in [-0.3, -0.25) is 4.79 Å². The van der Waals surface area contributed by atoms with Gasteiger partial charge in [0.1, 0.15) is 12.3 Å². The Hall–Kier alpha value is -1.71. The van der Waals surface area contributed by atoms with Crippen LogP contribution in [0.25, 0.3) is 0 Å². The summed E-state index contributed by atoms with van der Waals surface area (Å²) in [6.07, 6.45) is 1.93. The van der Waals surface area contributed by atoms with Crippen molar-refractivity contribution < 1.29 is 14.3 Å². The second kappa shape index (κ2) is 7.58. The molecule has 0 fully saturated rings. The summed E-state index contributed by atoms with van der Waals surface area (Å²) < 4.78 is 10.4. The Kier molecular flexibility index (Phi) is 6.05. The number of anilines is 1. The van der Waals surface area contributed by atoms with Gasteiger partial charge in [-0.15, -0.1) is 0 Å². The first-order valence-electron chi connectivity index (χ1n) is 6.18. The normalized spacial score (nSPS) is 9.94. The molecule has 0 radical (unpaired) electrons. The van der Waals surface area contributed by atoms with Crippen molar-refractivity contribution in [1.29, 1.82) is 0 Å². The van der Waals surface area contributed by atoms with Crippen LogP contribution in [0.3, 0.4) is 0 Å². The number of methoxy groups -OCH3 is 1. The Morgan fingerprint density at radius 1 is 1.33 bits per heavy atom. The van der Waals surface area contributed by atoms with Crippen LogP contribution in [-0.2, 0) is 9.53 Å². The van der Waals surface area contributed by atoms with Gasteiger partial charge in [0.25, 0.3) is 0 Å². The van der Waals surface area contributed by atoms with E-state index in [2.05, 4.69) is 6.92 Å². The van der Waals surface area contributed by atoms with Gasteiger partial charge in [0.2, 0.25) is 0 Å². The molecule has 4 heteroatoms. The lowest BCUT2D eigenvalue weighted by Crippen LogP contribution is -2.27. The second-order valence-corrected chi connectivity index (χ2v) is 4.10. The van der Waals surface area contributed by atoms with Crippen molar-refractivity contribution in [3.8, 4) is 5.75 Å². The molecule has 1 aromatic carbocycles. The van der Waals surface area contributed by atoms with E-state index in [1.807, 2.05) is 36.2 Å². The van der Waals surface area contributed by atoms with E-state index in [1.165, 1.54) is 0 Å². The zero-order chi connectivity index (χ0) is 13.4. The molecule has 0 heterocycles. The summed E-state index contributed by atoms with van der Waals surface area (Å²) in [6, 6.07) is 7.60. The first-order chi connectivity index (χ1) is 8.69. The monoisotopic (exact) mass is 251 g/mol. The number of likely N-dealkylation sites (N-methyl/N-ethyl adjacent to an activating group) is 1. The molecule has 0 saturated carbocycles. The maximum Gasteiger partial charge on any atom is 0.325 e. The van der Waals surface area contributed by atoms with E-state index in [4.69, 9.17) is 9.47 Å². The van der Waals surface area contributed by atoms with Crippen LogP contribution in [0.15, 0.2) is 24.3 Å². The summed E-state index contributed by atoms with van der Waals surface area (Å²) in [4.78, 5) is 13.4. The lowest BCUT2D eigenvalue weighted by Gasteiger charge is -2.20. The molecule has 0 amide bonds. The molecule has 0 aromatic heterocycles. The molecule has 100 valence electrons. The minimum absolute atomic E-state index is 0.211. The Bertz CT molecular complexity index is 379. The minimum atomic E-state index is -0.211. The molecule has 0 bridgehead atoms. The lowest BCUT2D eigenvalue weighted by atomic mass is 10.2. The molecule has 18 heavy (non-hydrogen) atoms. The van der Waals surface area contributed by atoms with Crippen molar-refractivity contribution in [2.45, 2.75) is 19.8 Å². The third-order valence-corrected chi connectivity index (χ3v) is 2.62. The van der Waals surface area contributed by atoms with E-state index in [0.29, 0.717) is 6.61 Å². The van der Waals surface area contributed by atoms with Gasteiger partial charge in [0.15, 0.2) is 0 Å². The molecule has 0 aliphatic heterocycles. The third kappa shape index (κ3) is 4.28. The first-order valence-corrected chi connectivity index (χ1v) is 6.18. The highest BCUT2D eigenvalue weighted by Crippen LogP contribution is 2.26. The van der Waals surface area contributed by atoms with Crippen molar-refractivity contribution in [1.82, 2.24) is 0 Å². The van der Waals surface area contributed by atoms with Crippen LogP contribution >= 0.6 is 0 Å². The number of esters is 1. The number of rotatable bonds is 7. The van der Waals surface area contributed by atoms with E-state index < -0.39 is 0 Å². The average Bonchev–Trinajstić information content (AvgIpc) is 2.39. The molecular formula is C14H21NO3. The quantitative estimate of drug-likeness (QED) is 0.551. The number of unbranched alkanes of at least 4 members (excludes halogenated alkanes) is 1. The van der Waals surface area contributed by atoms with Crippen molar-refractivity contribution in [2.75, 3.05) is 32.2 Å². The summed E-state index contributed by atoms with van der Waals surface area (Å²) in [6.45, 7) is 2.79. The van der Waals surface area contributed by atoms with Crippen molar-refractivity contribution in [3.05, 3.63) is 24.3 Å². The molecular weight excluding hydrogens is 230 g/mol. The Morgan fingerprint density at radius 3 is 2.72 bits per heavy atom. The van der Waals surface area contributed by atoms with Gasteiger partial charge >= 0.3 is 5.97 Å². The van der Waals surface area contributed by atoms with Crippen molar-refractivity contribution >= 4 is 11.7 Å². The number of hydrogen-bond acceptors (Lipinski definition) is 4. The average molecular weight is 251 g/mol. The smallest absolute Gasteiger partial charge is 0.325 e. The second-order valence-electron chi connectivity index (χ2n) is 4.10. The summed E-state index contributed by atoms with van der Waals surface area (Å²) in [5.74, 6) is 0.540. The highest BCUT2D eigenvalue weighted by atomic mass is 16.5. The Labute approximate surface area is 108 Å². The van der Waals surface area contributed by atoms with Gasteiger partial charge in [-0.1, -0.05) is 25.5 Å². The van der Waals surface area contributed by atoms with E-state index in [0.717, 1.165) is 24.3 Å². The zero-order valence-electron chi connectivity index (χ0n) is 11.3. The van der Waals surface area contributed by atoms with Crippen LogP contribution in [0.5, 0.6) is 5.75 Å². The van der Waals surface area contributed by atoms with Gasteiger partial charge < -0.3 is 14.4 Å². The summed E-state index contributed by atoms with van der Waals surface area (Å²) in [7, 11) is 3.46. The highest BCUT2D eigenvalue weighted by Gasteiger charge is 2.11. The fraction of sp³-hybridized carbons (Fsp3) is 0.500. The predicted molar refractivity (Wildman–Crippen MR) is 72.1 cm³/mol. The SMILES string of the molecule is CCCCOC(=O)CN(C)c1ccccc1OC. The van der Waals surface area contributed by atoms with E-state index in [-0.39, 0.29) is 12.5 Å². The van der Waals surface area contributed by atoms with Crippen LogP contribution in [0.1, 0.15) is 19.8 Å². The van der Waals surface area contributed by atoms with Gasteiger partial charge in [0.05, 0.1) is 19.4 Å². The molecule has 0 aliphatic rings. The summed E-state index contributed by atoms with van der Waals surface area (Å²) in [5, 5.41) is 0. The van der Waals surface area contributed by atoms with E-state index >= 15 is 0 Å². The highest BCUT2D eigenvalue weighted by molar-refractivity contribution is 5.76. The largest absolute Gasteiger partial charge is 0.495 e. The molecule has 0 saturated heterocycles. The number of carbonyl (C=O) groups excluding carboxylic acids is 1. The maximum absolute atomic E-state index is 11.6. The van der Waals surface area contributed by atoms with Crippen LogP contribution in [-0.4, -0.2) is 33.3 Å². The first kappa shape index (κ1) is 14.4. The number of hydrogen-bond donors (Lipinski definition) is 0. The van der Waals surface area contributed by atoms with Gasteiger partial charge in [0, 0.05) is 7.05 Å². The minimum Gasteiger partial charge on any atom is -0.495 e. The number of carbonyl (C=O) groups is 1. The molecule has 1 rings (SSSR count). The van der Waals surface area contributed by atoms with Crippen molar-refractivity contribution in [2.24, 2.45) is 0 Å². The van der Waals surface area contributed by atoms with E-state index in [9.17, 15) is 4.79 Å². The molecule has 0 N–H and O–H groups in total. The molecule has 0 atom stereocenters. The van der Waals surface area contributed by atoms with Gasteiger partial charge in [-0.2, -0.15) is 0 Å². The maximum atomic E-state index is 11.6. The molecule has 0 unspecified atom stereocenters. The molecule has 0 spiro atoms. The zero-order valence-corrected chi connectivity index (χ0v) is 11.3. The Balaban J connectivity index is 2.53. The standard InChI is InChI=1S/C14H21NO3/c1-4-5-10-18-14(16)11-15(2)12-8-6-7-9-13(12)17-3/h6-9H,4-5,10-11H2,1-3H3. The number of benzene rings is 1. The summed E-state index contributed by atoms with van der Waals surface area (Å²) in [5.41, 5.74) is 0.882. The van der Waals surface area contributed by atoms with Crippen LogP contribution in [0, 0.1) is 0 Å². The summed E-state index contributed by atoms with van der Waals surface area (Å²) >= 11 is 0. The number of para-hydroxylation sites is 2. The predicted octanol–water partition coefficient (Wildman–Crippen LogP) is 2.47. The van der Waals surface area contributed by atoms with Gasteiger partial charge in [-0.25, -0.2) is 0 Å². The van der Waals surface area contributed by atoms with Gasteiger partial charge in [-0.05, 0) is 18.6 Å².